The molecule has 0 radical (unpaired) electrons. The average molecular weight is 88.2 g/mol. The summed E-state index contributed by atoms with van der Waals surface area (Å²) in [5, 5.41) is 0. The molecule has 0 atom stereocenters. The van der Waals surface area contributed by atoms with Crippen molar-refractivity contribution < 1.29 is 0 Å². The number of hydrogen-bond acceptors (Lipinski definition) is 0. The third-order valence-corrected chi connectivity index (χ3v) is 0.866. The van der Waals surface area contributed by atoms with Crippen LogP contribution in [0.5, 0.6) is 0 Å². The van der Waals surface area contributed by atoms with Gasteiger partial charge < -0.3 is 0 Å². The first-order chi connectivity index (χ1) is 1.89. The van der Waals surface area contributed by atoms with Gasteiger partial charge in [0.15, 0.2) is 0 Å². The molecule has 0 nitrogen and oxygen atoms in total. The Morgan fingerprint density at radius 3 is 1.33 bits per heavy atom. The maximum absolute atomic E-state index is 2.28. The van der Waals surface area contributed by atoms with E-state index in [9.17, 15) is 0 Å². The van der Waals surface area contributed by atoms with E-state index in [1.165, 1.54) is 12.8 Å². The minimum absolute atomic E-state index is 0. The van der Waals surface area contributed by atoms with E-state index in [2.05, 4.69) is 6.92 Å². The first kappa shape index (κ1) is 9.38. The molecule has 40 valence electrons. The van der Waals surface area contributed by atoms with Crippen molar-refractivity contribution in [1.29, 1.82) is 0 Å². The monoisotopic (exact) mass is 88.1 g/mol. The molecule has 0 aromatic carbocycles. The van der Waals surface area contributed by atoms with Crippen LogP contribution in [0.15, 0.2) is 0 Å². The van der Waals surface area contributed by atoms with Crippen LogP contribution in [0.4, 0.5) is 0 Å². The minimum Gasteiger partial charge on any atom is -0.0776 e. The van der Waals surface area contributed by atoms with Crippen molar-refractivity contribution in [2.24, 2.45) is 5.92 Å². The van der Waals surface area contributed by atoms with Crippen LogP contribution in [0, 0.1) is 5.92 Å². The highest BCUT2D eigenvalue weighted by molar-refractivity contribution is 4.65. The van der Waals surface area contributed by atoms with E-state index >= 15 is 0 Å². The molecule has 0 aliphatic heterocycles. The largest absolute Gasteiger partial charge is 0.0776 e. The van der Waals surface area contributed by atoms with E-state index in [1.807, 2.05) is 0 Å². The van der Waals surface area contributed by atoms with Gasteiger partial charge in [0.05, 0.1) is 0 Å². The molecule has 1 saturated carbocycles. The quantitative estimate of drug-likeness (QED) is 0.427. The summed E-state index contributed by atoms with van der Waals surface area (Å²) in [7, 11) is 0. The Bertz CT molecular complexity index is 19.2. The van der Waals surface area contributed by atoms with Gasteiger partial charge >= 0.3 is 0 Å². The maximum atomic E-state index is 2.28. The topological polar surface area (TPSA) is 0 Å². The second-order valence-corrected chi connectivity index (χ2v) is 1.68. The lowest BCUT2D eigenvalue weighted by Gasteiger charge is -1.53. The summed E-state index contributed by atoms with van der Waals surface area (Å²) in [6.07, 6.45) is 2.97. The van der Waals surface area contributed by atoms with E-state index in [1.54, 1.807) is 0 Å². The van der Waals surface area contributed by atoms with Gasteiger partial charge in [-0.1, -0.05) is 34.6 Å². The van der Waals surface area contributed by atoms with Crippen molar-refractivity contribution in [2.75, 3.05) is 0 Å². The fourth-order valence-corrected chi connectivity index (χ4v) is 0.167. The van der Waals surface area contributed by atoms with Crippen molar-refractivity contribution in [2.45, 2.75) is 34.6 Å². The lowest BCUT2D eigenvalue weighted by atomic mass is 10.5. The highest BCUT2D eigenvalue weighted by Crippen LogP contribution is 2.26. The molecule has 1 rings (SSSR count). The second-order valence-electron chi connectivity index (χ2n) is 1.68. The molecule has 6 heavy (non-hydrogen) atoms. The third-order valence-electron chi connectivity index (χ3n) is 0.866. The molecule has 0 spiro atoms. The van der Waals surface area contributed by atoms with Gasteiger partial charge in [-0.3, -0.25) is 0 Å². The molecule has 0 bridgehead atoms. The van der Waals surface area contributed by atoms with Crippen LogP contribution in [0.3, 0.4) is 0 Å². The molecule has 1 aliphatic carbocycles. The zero-order valence-corrected chi connectivity index (χ0v) is 2.99. The Hall–Kier alpha value is 0. The van der Waals surface area contributed by atoms with Crippen molar-refractivity contribution in [3.8, 4) is 0 Å². The zero-order chi connectivity index (χ0) is 2.99. The molecule has 0 amide bonds. The first-order valence-electron chi connectivity index (χ1n) is 1.89. The highest BCUT2D eigenvalue weighted by Gasteiger charge is 2.12. The smallest absolute Gasteiger partial charge is 0.0443 e. The van der Waals surface area contributed by atoms with Crippen molar-refractivity contribution >= 4 is 0 Å². The van der Waals surface area contributed by atoms with Crippen LogP contribution in [-0.2, 0) is 0 Å². The molecular weight excluding hydrogens is 72.1 g/mol. The summed E-state index contributed by atoms with van der Waals surface area (Å²) in [4.78, 5) is 0. The van der Waals surface area contributed by atoms with E-state index in [0.29, 0.717) is 0 Å². The van der Waals surface area contributed by atoms with Gasteiger partial charge in [-0.15, -0.1) is 0 Å². The van der Waals surface area contributed by atoms with Crippen LogP contribution in [0.25, 0.3) is 0 Å². The molecule has 0 aromatic rings. The van der Waals surface area contributed by atoms with Crippen molar-refractivity contribution in [1.82, 2.24) is 0 Å². The molecule has 0 heterocycles. The van der Waals surface area contributed by atoms with Crippen LogP contribution in [0.1, 0.15) is 34.6 Å². The van der Waals surface area contributed by atoms with Crippen LogP contribution >= 0.6 is 0 Å². The predicted molar refractivity (Wildman–Crippen MR) is 31.9 cm³/mol. The highest BCUT2D eigenvalue weighted by atomic mass is 14.2. The van der Waals surface area contributed by atoms with Crippen molar-refractivity contribution in [3.63, 3.8) is 0 Å². The van der Waals surface area contributed by atoms with Crippen LogP contribution in [0.2, 0.25) is 0 Å². The third kappa shape index (κ3) is 4.00. The van der Waals surface area contributed by atoms with Gasteiger partial charge in [0, 0.05) is 0 Å². The Balaban J connectivity index is 0. The minimum atomic E-state index is 0. The van der Waals surface area contributed by atoms with E-state index in [-0.39, 0.29) is 14.9 Å². The van der Waals surface area contributed by atoms with E-state index < -0.39 is 0 Å². The standard InChI is InChI=1S/C4H8.2CH4/c1-4-2-3-4;;/h4H,2-3H2,1H3;2*1H4. The Morgan fingerprint density at radius 2 is 1.33 bits per heavy atom. The summed E-state index contributed by atoms with van der Waals surface area (Å²) in [5.74, 6) is 1.08. The van der Waals surface area contributed by atoms with Gasteiger partial charge in [0.1, 0.15) is 0 Å². The molecular formula is C6H16. The van der Waals surface area contributed by atoms with E-state index in [4.69, 9.17) is 0 Å². The lowest BCUT2D eigenvalue weighted by molar-refractivity contribution is 0.983. The van der Waals surface area contributed by atoms with Gasteiger partial charge in [-0.2, -0.15) is 0 Å². The lowest BCUT2D eigenvalue weighted by Crippen LogP contribution is -1.42. The summed E-state index contributed by atoms with van der Waals surface area (Å²) < 4.78 is 0. The summed E-state index contributed by atoms with van der Waals surface area (Å²) in [5.41, 5.74) is 0. The van der Waals surface area contributed by atoms with Crippen LogP contribution < -0.4 is 0 Å². The first-order valence-corrected chi connectivity index (χ1v) is 1.89. The number of hydrogen-bond donors (Lipinski definition) is 0. The van der Waals surface area contributed by atoms with Gasteiger partial charge in [-0.25, -0.2) is 0 Å². The van der Waals surface area contributed by atoms with Crippen LogP contribution in [-0.4, -0.2) is 0 Å². The summed E-state index contributed by atoms with van der Waals surface area (Å²) >= 11 is 0. The predicted octanol–water partition coefficient (Wildman–Crippen LogP) is 2.69. The Labute approximate surface area is 41.6 Å². The fourth-order valence-electron chi connectivity index (χ4n) is 0.167. The zero-order valence-electron chi connectivity index (χ0n) is 2.99. The van der Waals surface area contributed by atoms with E-state index in [0.717, 1.165) is 5.92 Å². The fraction of sp³-hybridized carbons (Fsp3) is 1.00. The Kier molecular flexibility index (Phi) is 5.00. The van der Waals surface area contributed by atoms with Gasteiger partial charge in [0.25, 0.3) is 0 Å². The molecule has 0 heteroatoms. The second kappa shape index (κ2) is 3.20. The van der Waals surface area contributed by atoms with Crippen molar-refractivity contribution in [3.05, 3.63) is 0 Å². The SMILES string of the molecule is C.C.CC1CC1. The normalized spacial score (nSPS) is 17.5. The number of rotatable bonds is 0. The Morgan fingerprint density at radius 1 is 1.17 bits per heavy atom. The average Bonchev–Trinajstić information content (AvgIpc) is 1.75. The molecule has 1 fully saturated rings. The molecule has 0 unspecified atom stereocenters. The molecule has 0 aromatic heterocycles. The molecule has 0 N–H and O–H groups in total. The molecule has 0 saturated heterocycles. The van der Waals surface area contributed by atoms with Gasteiger partial charge in [0.2, 0.25) is 0 Å². The summed E-state index contributed by atoms with van der Waals surface area (Å²) in [6, 6.07) is 0. The van der Waals surface area contributed by atoms with Gasteiger partial charge in [-0.05, 0) is 5.92 Å². The summed E-state index contributed by atoms with van der Waals surface area (Å²) in [6.45, 7) is 2.28. The molecule has 1 aliphatic rings. The maximum Gasteiger partial charge on any atom is -0.0443 e.